The number of rotatable bonds is 2. The van der Waals surface area contributed by atoms with E-state index in [4.69, 9.17) is 10.5 Å². The molecule has 1 aliphatic heterocycles. The number of nitrogens with one attached hydrogen (secondary N) is 2. The SMILES string of the molecule is Nc1cc2c(cc1Nc1cccc(F)c1F)NC(=O)CO2. The van der Waals surface area contributed by atoms with Gasteiger partial charge in [0.1, 0.15) is 5.75 Å². The molecule has 1 amide bonds. The Bertz CT molecular complexity index is 734. The smallest absolute Gasteiger partial charge is 0.262 e. The van der Waals surface area contributed by atoms with Crippen LogP contribution in [0.2, 0.25) is 0 Å². The zero-order valence-electron chi connectivity index (χ0n) is 10.7. The van der Waals surface area contributed by atoms with E-state index >= 15 is 0 Å². The predicted octanol–water partition coefficient (Wildman–Crippen LogP) is 2.62. The highest BCUT2D eigenvalue weighted by molar-refractivity contribution is 5.97. The van der Waals surface area contributed by atoms with Gasteiger partial charge >= 0.3 is 0 Å². The molecule has 0 radical (unpaired) electrons. The number of hydrogen-bond acceptors (Lipinski definition) is 4. The number of nitrogen functional groups attached to an aromatic ring is 1. The zero-order valence-corrected chi connectivity index (χ0v) is 10.7. The zero-order chi connectivity index (χ0) is 15.0. The van der Waals surface area contributed by atoms with Crippen molar-refractivity contribution in [2.75, 3.05) is 23.0 Å². The van der Waals surface area contributed by atoms with Crippen LogP contribution in [-0.4, -0.2) is 12.5 Å². The third-order valence-electron chi connectivity index (χ3n) is 3.01. The van der Waals surface area contributed by atoms with Crippen LogP contribution in [0.5, 0.6) is 5.75 Å². The lowest BCUT2D eigenvalue weighted by Crippen LogP contribution is -2.25. The van der Waals surface area contributed by atoms with Crippen LogP contribution >= 0.6 is 0 Å². The van der Waals surface area contributed by atoms with Gasteiger partial charge in [0.15, 0.2) is 18.2 Å². The van der Waals surface area contributed by atoms with E-state index in [0.29, 0.717) is 17.1 Å². The Labute approximate surface area is 118 Å². The summed E-state index contributed by atoms with van der Waals surface area (Å²) < 4.78 is 32.0. The largest absolute Gasteiger partial charge is 0.482 e. The van der Waals surface area contributed by atoms with Crippen molar-refractivity contribution in [1.82, 2.24) is 0 Å². The molecule has 0 atom stereocenters. The molecule has 0 unspecified atom stereocenters. The van der Waals surface area contributed by atoms with E-state index in [1.54, 1.807) is 0 Å². The molecule has 0 bridgehead atoms. The molecule has 7 heteroatoms. The number of carbonyl (C=O) groups excluding carboxylic acids is 1. The Balaban J connectivity index is 1.97. The summed E-state index contributed by atoms with van der Waals surface area (Å²) in [6.07, 6.45) is 0. The number of halogens is 2. The van der Waals surface area contributed by atoms with Crippen LogP contribution in [0.15, 0.2) is 30.3 Å². The van der Waals surface area contributed by atoms with Crippen molar-refractivity contribution in [1.29, 1.82) is 0 Å². The molecule has 2 aromatic rings. The first kappa shape index (κ1) is 13.2. The summed E-state index contributed by atoms with van der Waals surface area (Å²) in [6.45, 7) is -0.0856. The summed E-state index contributed by atoms with van der Waals surface area (Å²) in [5, 5.41) is 5.31. The number of amides is 1. The van der Waals surface area contributed by atoms with Gasteiger partial charge in [-0.25, -0.2) is 8.78 Å². The first-order valence-electron chi connectivity index (χ1n) is 6.12. The van der Waals surface area contributed by atoms with E-state index in [1.807, 2.05) is 0 Å². The second-order valence-corrected chi connectivity index (χ2v) is 4.50. The van der Waals surface area contributed by atoms with Crippen molar-refractivity contribution >= 4 is 28.7 Å². The van der Waals surface area contributed by atoms with Crippen LogP contribution in [0, 0.1) is 11.6 Å². The predicted molar refractivity (Wildman–Crippen MR) is 74.6 cm³/mol. The van der Waals surface area contributed by atoms with Gasteiger partial charge in [-0.05, 0) is 18.2 Å². The standard InChI is InChI=1S/C14H11F2N3O2/c15-7-2-1-3-9(14(7)16)18-10-5-11-12(4-8(10)17)21-6-13(20)19-11/h1-5,18H,6,17H2,(H,19,20). The number of hydrogen-bond donors (Lipinski definition) is 3. The van der Waals surface area contributed by atoms with Crippen molar-refractivity contribution in [3.05, 3.63) is 42.0 Å². The number of benzene rings is 2. The molecular weight excluding hydrogens is 280 g/mol. The van der Waals surface area contributed by atoms with Crippen LogP contribution in [0.4, 0.5) is 31.5 Å². The summed E-state index contributed by atoms with van der Waals surface area (Å²) in [7, 11) is 0. The fraction of sp³-hybridized carbons (Fsp3) is 0.0714. The molecule has 4 N–H and O–H groups in total. The van der Waals surface area contributed by atoms with Gasteiger partial charge in [0.2, 0.25) is 0 Å². The molecule has 3 rings (SSSR count). The van der Waals surface area contributed by atoms with Crippen LogP contribution in [-0.2, 0) is 4.79 Å². The Hall–Kier alpha value is -2.83. The number of carbonyl (C=O) groups is 1. The average Bonchev–Trinajstić information content (AvgIpc) is 2.45. The van der Waals surface area contributed by atoms with E-state index < -0.39 is 11.6 Å². The van der Waals surface area contributed by atoms with Crippen molar-refractivity contribution in [3.63, 3.8) is 0 Å². The van der Waals surface area contributed by atoms with E-state index in [9.17, 15) is 13.6 Å². The normalized spacial score (nSPS) is 13.1. The van der Waals surface area contributed by atoms with Gasteiger partial charge in [-0.3, -0.25) is 4.79 Å². The van der Waals surface area contributed by atoms with Gasteiger partial charge in [-0.1, -0.05) is 6.07 Å². The minimum absolute atomic E-state index is 0.0512. The molecule has 0 spiro atoms. The lowest BCUT2D eigenvalue weighted by Gasteiger charge is -2.20. The first-order chi connectivity index (χ1) is 10.0. The van der Waals surface area contributed by atoms with Gasteiger partial charge in [0.05, 0.1) is 22.7 Å². The van der Waals surface area contributed by atoms with Crippen molar-refractivity contribution in [3.8, 4) is 5.75 Å². The maximum Gasteiger partial charge on any atom is 0.262 e. The molecule has 0 saturated carbocycles. The number of fused-ring (bicyclic) bond motifs is 1. The fourth-order valence-corrected chi connectivity index (χ4v) is 2.00. The van der Waals surface area contributed by atoms with E-state index in [2.05, 4.69) is 10.6 Å². The van der Waals surface area contributed by atoms with Gasteiger partial charge in [-0.2, -0.15) is 0 Å². The maximum atomic E-state index is 13.6. The first-order valence-corrected chi connectivity index (χ1v) is 6.12. The number of nitrogens with two attached hydrogens (primary N) is 1. The Kier molecular flexibility index (Phi) is 3.09. The monoisotopic (exact) mass is 291 g/mol. The highest BCUT2D eigenvalue weighted by Crippen LogP contribution is 2.36. The highest BCUT2D eigenvalue weighted by Gasteiger charge is 2.18. The van der Waals surface area contributed by atoms with Crippen LogP contribution in [0.3, 0.4) is 0 Å². The molecule has 0 saturated heterocycles. The summed E-state index contributed by atoms with van der Waals surface area (Å²) in [5.41, 5.74) is 6.83. The minimum Gasteiger partial charge on any atom is -0.482 e. The second-order valence-electron chi connectivity index (χ2n) is 4.50. The molecule has 1 heterocycles. The summed E-state index contributed by atoms with van der Waals surface area (Å²) in [5.74, 6) is -1.84. The summed E-state index contributed by atoms with van der Waals surface area (Å²) >= 11 is 0. The molecule has 2 aromatic carbocycles. The molecule has 108 valence electrons. The topological polar surface area (TPSA) is 76.4 Å². The van der Waals surface area contributed by atoms with Crippen LogP contribution < -0.4 is 21.1 Å². The lowest BCUT2D eigenvalue weighted by molar-refractivity contribution is -0.118. The quantitative estimate of drug-likeness (QED) is 0.743. The maximum absolute atomic E-state index is 13.6. The minimum atomic E-state index is -1.00. The molecule has 0 aliphatic carbocycles. The molecule has 21 heavy (non-hydrogen) atoms. The molecule has 0 fully saturated rings. The average molecular weight is 291 g/mol. The van der Waals surface area contributed by atoms with Gasteiger partial charge in [-0.15, -0.1) is 0 Å². The van der Waals surface area contributed by atoms with E-state index in [1.165, 1.54) is 24.3 Å². The second kappa shape index (κ2) is 4.93. The number of ether oxygens (including phenoxy) is 1. The highest BCUT2D eigenvalue weighted by atomic mass is 19.2. The third kappa shape index (κ3) is 2.45. The van der Waals surface area contributed by atoms with Crippen molar-refractivity contribution in [2.24, 2.45) is 0 Å². The van der Waals surface area contributed by atoms with Gasteiger partial charge < -0.3 is 21.1 Å². The molecule has 5 nitrogen and oxygen atoms in total. The van der Waals surface area contributed by atoms with Gasteiger partial charge in [0.25, 0.3) is 5.91 Å². The summed E-state index contributed by atoms with van der Waals surface area (Å²) in [6, 6.07) is 6.79. The Morgan fingerprint density at radius 3 is 2.86 bits per heavy atom. The number of anilines is 4. The molecule has 1 aliphatic rings. The molecule has 0 aromatic heterocycles. The third-order valence-corrected chi connectivity index (χ3v) is 3.01. The fourth-order valence-electron chi connectivity index (χ4n) is 2.00. The van der Waals surface area contributed by atoms with Crippen LogP contribution in [0.1, 0.15) is 0 Å². The Morgan fingerprint density at radius 1 is 1.24 bits per heavy atom. The van der Waals surface area contributed by atoms with Crippen LogP contribution in [0.25, 0.3) is 0 Å². The van der Waals surface area contributed by atoms with E-state index in [-0.39, 0.29) is 23.9 Å². The Morgan fingerprint density at radius 2 is 2.05 bits per heavy atom. The van der Waals surface area contributed by atoms with Crippen molar-refractivity contribution in [2.45, 2.75) is 0 Å². The molecular formula is C14H11F2N3O2. The van der Waals surface area contributed by atoms with Gasteiger partial charge in [0, 0.05) is 6.07 Å². The van der Waals surface area contributed by atoms with Crippen molar-refractivity contribution < 1.29 is 18.3 Å². The summed E-state index contributed by atoms with van der Waals surface area (Å²) in [4.78, 5) is 11.3. The van der Waals surface area contributed by atoms with E-state index in [0.717, 1.165) is 6.07 Å². The lowest BCUT2D eigenvalue weighted by atomic mass is 10.2.